The first-order chi connectivity index (χ1) is 8.27. The zero-order valence-electron chi connectivity index (χ0n) is 9.98. The van der Waals surface area contributed by atoms with Gasteiger partial charge in [-0.2, -0.15) is 0 Å². The lowest BCUT2D eigenvalue weighted by molar-refractivity contribution is 0.462. The number of nitrogens with one attached hydrogen (secondary N) is 1. The van der Waals surface area contributed by atoms with Gasteiger partial charge in [0.1, 0.15) is 17.8 Å². The number of hydrogen-bond donors (Lipinski definition) is 2. The van der Waals surface area contributed by atoms with Crippen molar-refractivity contribution in [2.45, 2.75) is 18.8 Å². The average molecular weight is 231 g/mol. The molecule has 90 valence electrons. The van der Waals surface area contributed by atoms with E-state index in [4.69, 9.17) is 5.73 Å². The molecule has 0 unspecified atom stereocenters. The molecule has 1 aliphatic rings. The highest BCUT2D eigenvalue weighted by Crippen LogP contribution is 2.33. The molecule has 2 aromatic rings. The van der Waals surface area contributed by atoms with E-state index in [1.165, 1.54) is 11.9 Å². The summed E-state index contributed by atoms with van der Waals surface area (Å²) in [5, 5.41) is 4.43. The smallest absolute Gasteiger partial charge is 0.145 e. The third kappa shape index (κ3) is 1.67. The van der Waals surface area contributed by atoms with Gasteiger partial charge in [-0.25, -0.2) is 9.97 Å². The van der Waals surface area contributed by atoms with Crippen molar-refractivity contribution < 1.29 is 0 Å². The van der Waals surface area contributed by atoms with Crippen LogP contribution in [0.25, 0.3) is 11.0 Å². The minimum atomic E-state index is 0.577. The molecular formula is C12H17N5. The monoisotopic (exact) mass is 231 g/mol. The van der Waals surface area contributed by atoms with Gasteiger partial charge >= 0.3 is 0 Å². The van der Waals surface area contributed by atoms with Crippen LogP contribution in [0.1, 0.15) is 24.3 Å². The van der Waals surface area contributed by atoms with E-state index in [0.717, 1.165) is 37.0 Å². The summed E-state index contributed by atoms with van der Waals surface area (Å²) in [4.78, 5) is 8.43. The lowest BCUT2D eigenvalue weighted by atomic mass is 9.90. The molecule has 5 nitrogen and oxygen atoms in total. The van der Waals surface area contributed by atoms with Crippen molar-refractivity contribution in [1.29, 1.82) is 0 Å². The fraction of sp³-hybridized carbons (Fsp3) is 0.500. The summed E-state index contributed by atoms with van der Waals surface area (Å²) in [5.74, 6) is 1.18. The van der Waals surface area contributed by atoms with E-state index < -0.39 is 0 Å². The lowest BCUT2D eigenvalue weighted by Gasteiger charge is -2.22. The molecule has 1 saturated heterocycles. The molecule has 2 aromatic heterocycles. The number of piperidine rings is 1. The Morgan fingerprint density at radius 2 is 2.12 bits per heavy atom. The van der Waals surface area contributed by atoms with Crippen molar-refractivity contribution in [2.24, 2.45) is 7.05 Å². The maximum Gasteiger partial charge on any atom is 0.145 e. The molecule has 0 amide bonds. The summed E-state index contributed by atoms with van der Waals surface area (Å²) < 4.78 is 2.05. The van der Waals surface area contributed by atoms with Crippen LogP contribution in [0, 0.1) is 0 Å². The summed E-state index contributed by atoms with van der Waals surface area (Å²) in [6.07, 6.45) is 6.01. The van der Waals surface area contributed by atoms with Crippen LogP contribution in [0.15, 0.2) is 12.5 Å². The number of nitrogen functional groups attached to an aromatic ring is 1. The summed E-state index contributed by atoms with van der Waals surface area (Å²) in [5.41, 5.74) is 8.24. The van der Waals surface area contributed by atoms with Gasteiger partial charge in [0.15, 0.2) is 0 Å². The molecule has 3 rings (SSSR count). The van der Waals surface area contributed by atoms with Crippen LogP contribution in [0.2, 0.25) is 0 Å². The topological polar surface area (TPSA) is 68.8 Å². The molecule has 0 atom stereocenters. The van der Waals surface area contributed by atoms with E-state index in [1.54, 1.807) is 0 Å². The van der Waals surface area contributed by atoms with Crippen LogP contribution in [-0.4, -0.2) is 27.6 Å². The van der Waals surface area contributed by atoms with E-state index in [-0.39, 0.29) is 0 Å². The van der Waals surface area contributed by atoms with Crippen LogP contribution in [0.3, 0.4) is 0 Å². The number of nitrogens with two attached hydrogens (primary N) is 1. The Morgan fingerprint density at radius 1 is 1.35 bits per heavy atom. The molecule has 0 aromatic carbocycles. The molecule has 3 heterocycles. The average Bonchev–Trinajstić information content (AvgIpc) is 2.70. The highest BCUT2D eigenvalue weighted by molar-refractivity contribution is 5.90. The number of nitrogens with zero attached hydrogens (tertiary/aromatic N) is 3. The summed E-state index contributed by atoms with van der Waals surface area (Å²) >= 11 is 0. The largest absolute Gasteiger partial charge is 0.383 e. The highest BCUT2D eigenvalue weighted by atomic mass is 15.0. The van der Waals surface area contributed by atoms with Gasteiger partial charge in [-0.3, -0.25) is 0 Å². The number of anilines is 1. The van der Waals surface area contributed by atoms with Crippen molar-refractivity contribution in [3.63, 3.8) is 0 Å². The quantitative estimate of drug-likeness (QED) is 0.768. The van der Waals surface area contributed by atoms with Crippen LogP contribution in [-0.2, 0) is 7.05 Å². The van der Waals surface area contributed by atoms with Gasteiger partial charge < -0.3 is 15.6 Å². The molecular weight excluding hydrogens is 214 g/mol. The standard InChI is InChI=1S/C12H17N5/c1-17-6-9(8-2-4-14-5-3-8)10-11(13)15-7-16-12(10)17/h6-8,14H,2-5H2,1H3,(H2,13,15,16). The minimum Gasteiger partial charge on any atom is -0.383 e. The SMILES string of the molecule is Cn1cc(C2CCNCC2)c2c(N)ncnc21. The molecule has 17 heavy (non-hydrogen) atoms. The van der Waals surface area contributed by atoms with Gasteiger partial charge in [0.2, 0.25) is 0 Å². The summed E-state index contributed by atoms with van der Waals surface area (Å²) in [7, 11) is 2.01. The molecule has 0 spiro atoms. The maximum atomic E-state index is 6.00. The number of aryl methyl sites for hydroxylation is 1. The minimum absolute atomic E-state index is 0.577. The van der Waals surface area contributed by atoms with Gasteiger partial charge in [0.25, 0.3) is 0 Å². The fourth-order valence-corrected chi connectivity index (χ4v) is 2.71. The fourth-order valence-electron chi connectivity index (χ4n) is 2.71. The first-order valence-electron chi connectivity index (χ1n) is 6.03. The molecule has 0 radical (unpaired) electrons. The molecule has 0 bridgehead atoms. The lowest BCUT2D eigenvalue weighted by Crippen LogP contribution is -2.26. The second-order valence-electron chi connectivity index (χ2n) is 4.68. The van der Waals surface area contributed by atoms with E-state index in [9.17, 15) is 0 Å². The van der Waals surface area contributed by atoms with E-state index >= 15 is 0 Å². The predicted octanol–water partition coefficient (Wildman–Crippen LogP) is 1.02. The molecule has 3 N–H and O–H groups in total. The Bertz CT molecular complexity index is 539. The van der Waals surface area contributed by atoms with E-state index in [0.29, 0.717) is 11.7 Å². The van der Waals surface area contributed by atoms with Crippen LogP contribution >= 0.6 is 0 Å². The van der Waals surface area contributed by atoms with Gasteiger partial charge in [-0.1, -0.05) is 0 Å². The third-order valence-corrected chi connectivity index (χ3v) is 3.59. The van der Waals surface area contributed by atoms with Crippen LogP contribution in [0.4, 0.5) is 5.82 Å². The van der Waals surface area contributed by atoms with Crippen molar-refractivity contribution in [1.82, 2.24) is 19.9 Å². The van der Waals surface area contributed by atoms with E-state index in [2.05, 4.69) is 21.5 Å². The zero-order valence-corrected chi connectivity index (χ0v) is 9.98. The second-order valence-corrected chi connectivity index (χ2v) is 4.68. The molecule has 1 fully saturated rings. The van der Waals surface area contributed by atoms with Gasteiger partial charge in [0, 0.05) is 13.2 Å². The summed E-state index contributed by atoms with van der Waals surface area (Å²) in [6.45, 7) is 2.16. The Kier molecular flexibility index (Phi) is 2.48. The molecule has 1 aliphatic heterocycles. The zero-order chi connectivity index (χ0) is 11.8. The highest BCUT2D eigenvalue weighted by Gasteiger charge is 2.21. The van der Waals surface area contributed by atoms with Crippen LogP contribution < -0.4 is 11.1 Å². The number of rotatable bonds is 1. The third-order valence-electron chi connectivity index (χ3n) is 3.59. The molecule has 0 saturated carbocycles. The first kappa shape index (κ1) is 10.5. The second kappa shape index (κ2) is 4.00. The van der Waals surface area contributed by atoms with Gasteiger partial charge in [-0.05, 0) is 37.4 Å². The number of hydrogen-bond acceptors (Lipinski definition) is 4. The van der Waals surface area contributed by atoms with Gasteiger partial charge in [0.05, 0.1) is 5.39 Å². The van der Waals surface area contributed by atoms with Crippen molar-refractivity contribution in [2.75, 3.05) is 18.8 Å². The van der Waals surface area contributed by atoms with Crippen molar-refractivity contribution in [3.8, 4) is 0 Å². The Morgan fingerprint density at radius 3 is 2.88 bits per heavy atom. The summed E-state index contributed by atoms with van der Waals surface area (Å²) in [6, 6.07) is 0. The van der Waals surface area contributed by atoms with Crippen molar-refractivity contribution >= 4 is 16.9 Å². The predicted molar refractivity (Wildman–Crippen MR) is 67.8 cm³/mol. The van der Waals surface area contributed by atoms with Gasteiger partial charge in [-0.15, -0.1) is 0 Å². The van der Waals surface area contributed by atoms with E-state index in [1.807, 2.05) is 11.6 Å². The number of fused-ring (bicyclic) bond motifs is 1. The van der Waals surface area contributed by atoms with Crippen molar-refractivity contribution in [3.05, 3.63) is 18.1 Å². The first-order valence-corrected chi connectivity index (χ1v) is 6.03. The Balaban J connectivity index is 2.15. The number of aromatic nitrogens is 3. The molecule has 0 aliphatic carbocycles. The Hall–Kier alpha value is -1.62. The normalized spacial score (nSPS) is 17.7. The maximum absolute atomic E-state index is 6.00. The van der Waals surface area contributed by atoms with Crippen LogP contribution in [0.5, 0.6) is 0 Å². The molecule has 5 heteroatoms. The Labute approximate surface area is 100 Å².